The smallest absolute Gasteiger partial charge is 0.228 e. The van der Waals surface area contributed by atoms with Crippen LogP contribution in [-0.2, 0) is 11.2 Å². The summed E-state index contributed by atoms with van der Waals surface area (Å²) >= 11 is 9.06. The lowest BCUT2D eigenvalue weighted by molar-refractivity contribution is -0.129. The van der Waals surface area contributed by atoms with Crippen LogP contribution >= 0.6 is 34.3 Å². The summed E-state index contributed by atoms with van der Waals surface area (Å²) in [6.07, 6.45) is 2.79. The molecule has 0 saturated carbocycles. The molecule has 0 aromatic carbocycles. The van der Waals surface area contributed by atoms with Gasteiger partial charge >= 0.3 is 0 Å². The molecule has 2 aromatic heterocycles. The number of likely N-dealkylation sites (N-methyl/N-ethyl adjacent to an activating group) is 2. The lowest BCUT2D eigenvalue weighted by atomic mass is 10.2. The van der Waals surface area contributed by atoms with Crippen molar-refractivity contribution in [3.8, 4) is 9.88 Å². The van der Waals surface area contributed by atoms with Gasteiger partial charge in [0, 0.05) is 25.0 Å². The molecule has 4 nitrogen and oxygen atoms in total. The first kappa shape index (κ1) is 17.9. The van der Waals surface area contributed by atoms with Crippen LogP contribution in [0.4, 0.5) is 0 Å². The first-order chi connectivity index (χ1) is 11.6. The number of amides is 1. The standard InChI is InChI=1S/C17H22ClN3OS2/c1-3-21-8-4-5-13(21)10-20(2)16(22)9-12-11-23-17(19-12)14-6-7-15(18)24-14/h6-7,11,13H,3-5,8-10H2,1-2H3. The molecular weight excluding hydrogens is 362 g/mol. The highest BCUT2D eigenvalue weighted by Gasteiger charge is 2.25. The van der Waals surface area contributed by atoms with Gasteiger partial charge in [-0.05, 0) is 38.1 Å². The average Bonchev–Trinajstić information content (AvgIpc) is 3.28. The SMILES string of the molecule is CCN1CCCC1CN(C)C(=O)Cc1csc(-c2ccc(Cl)s2)n1. The predicted molar refractivity (Wildman–Crippen MR) is 102 cm³/mol. The van der Waals surface area contributed by atoms with Crippen molar-refractivity contribution in [3.05, 3.63) is 27.5 Å². The number of rotatable bonds is 6. The molecule has 3 rings (SSSR count). The van der Waals surface area contributed by atoms with E-state index in [0.717, 1.165) is 39.5 Å². The molecule has 0 bridgehead atoms. The number of halogens is 1. The fourth-order valence-electron chi connectivity index (χ4n) is 3.16. The van der Waals surface area contributed by atoms with E-state index in [1.807, 2.05) is 29.5 Å². The van der Waals surface area contributed by atoms with Crippen molar-refractivity contribution in [2.45, 2.75) is 32.2 Å². The van der Waals surface area contributed by atoms with Crippen LogP contribution < -0.4 is 0 Å². The number of hydrogen-bond donors (Lipinski definition) is 0. The van der Waals surface area contributed by atoms with Gasteiger partial charge in [-0.15, -0.1) is 22.7 Å². The van der Waals surface area contributed by atoms with E-state index in [2.05, 4.69) is 16.8 Å². The molecular formula is C17H22ClN3OS2. The van der Waals surface area contributed by atoms with Crippen LogP contribution in [0.25, 0.3) is 9.88 Å². The van der Waals surface area contributed by atoms with Crippen molar-refractivity contribution in [2.75, 3.05) is 26.7 Å². The van der Waals surface area contributed by atoms with Gasteiger partial charge in [-0.2, -0.15) is 0 Å². The van der Waals surface area contributed by atoms with Gasteiger partial charge < -0.3 is 4.90 Å². The van der Waals surface area contributed by atoms with E-state index in [9.17, 15) is 4.79 Å². The largest absolute Gasteiger partial charge is 0.344 e. The molecule has 1 atom stereocenters. The quantitative estimate of drug-likeness (QED) is 0.756. The van der Waals surface area contributed by atoms with Crippen LogP contribution in [0.1, 0.15) is 25.5 Å². The van der Waals surface area contributed by atoms with Gasteiger partial charge in [-0.25, -0.2) is 4.98 Å². The highest BCUT2D eigenvalue weighted by atomic mass is 35.5. The van der Waals surface area contributed by atoms with Crippen molar-refractivity contribution in [3.63, 3.8) is 0 Å². The molecule has 24 heavy (non-hydrogen) atoms. The number of nitrogens with zero attached hydrogens (tertiary/aromatic N) is 3. The fraction of sp³-hybridized carbons (Fsp3) is 0.529. The fourth-order valence-corrected chi connectivity index (χ4v) is 5.09. The zero-order chi connectivity index (χ0) is 17.1. The summed E-state index contributed by atoms with van der Waals surface area (Å²) in [6, 6.07) is 4.36. The minimum atomic E-state index is 0.138. The Balaban J connectivity index is 1.57. The van der Waals surface area contributed by atoms with Crippen LogP contribution in [0, 0.1) is 0 Å². The van der Waals surface area contributed by atoms with Gasteiger partial charge in [0.05, 0.1) is 21.3 Å². The molecule has 1 saturated heterocycles. The molecule has 0 N–H and O–H groups in total. The number of aromatic nitrogens is 1. The number of carbonyl (C=O) groups excluding carboxylic acids is 1. The average molecular weight is 384 g/mol. The van der Waals surface area contributed by atoms with Crippen LogP contribution in [0.2, 0.25) is 4.34 Å². The predicted octanol–water partition coefficient (Wildman–Crippen LogP) is 4.01. The van der Waals surface area contributed by atoms with Gasteiger partial charge in [0.1, 0.15) is 5.01 Å². The summed E-state index contributed by atoms with van der Waals surface area (Å²) < 4.78 is 0.759. The highest BCUT2D eigenvalue weighted by Crippen LogP contribution is 2.33. The summed E-state index contributed by atoms with van der Waals surface area (Å²) in [6.45, 7) is 5.21. The molecule has 0 radical (unpaired) electrons. The number of carbonyl (C=O) groups is 1. The van der Waals surface area contributed by atoms with Crippen molar-refractivity contribution < 1.29 is 4.79 Å². The zero-order valence-corrected chi connectivity index (χ0v) is 16.4. The zero-order valence-electron chi connectivity index (χ0n) is 14.0. The van der Waals surface area contributed by atoms with E-state index in [4.69, 9.17) is 11.6 Å². The summed E-state index contributed by atoms with van der Waals surface area (Å²) in [5.74, 6) is 0.138. The van der Waals surface area contributed by atoms with E-state index >= 15 is 0 Å². The molecule has 3 heterocycles. The Morgan fingerprint density at radius 2 is 2.33 bits per heavy atom. The topological polar surface area (TPSA) is 36.4 Å². The normalized spacial score (nSPS) is 18.2. The van der Waals surface area contributed by atoms with E-state index < -0.39 is 0 Å². The highest BCUT2D eigenvalue weighted by molar-refractivity contribution is 7.23. The lowest BCUT2D eigenvalue weighted by Crippen LogP contribution is -2.41. The molecule has 0 aliphatic carbocycles. The Kier molecular flexibility index (Phi) is 5.92. The molecule has 2 aromatic rings. The van der Waals surface area contributed by atoms with Crippen molar-refractivity contribution >= 4 is 40.2 Å². The molecule has 1 amide bonds. The van der Waals surface area contributed by atoms with Gasteiger partial charge in [0.2, 0.25) is 5.91 Å². The summed E-state index contributed by atoms with van der Waals surface area (Å²) in [5, 5.41) is 2.91. The van der Waals surface area contributed by atoms with Crippen LogP contribution in [0.5, 0.6) is 0 Å². The second kappa shape index (κ2) is 7.95. The van der Waals surface area contributed by atoms with Crippen LogP contribution in [0.15, 0.2) is 17.5 Å². The molecule has 0 spiro atoms. The summed E-state index contributed by atoms with van der Waals surface area (Å²) in [7, 11) is 1.90. The maximum atomic E-state index is 12.5. The van der Waals surface area contributed by atoms with E-state index in [1.54, 1.807) is 11.3 Å². The second-order valence-electron chi connectivity index (χ2n) is 6.12. The maximum Gasteiger partial charge on any atom is 0.228 e. The molecule has 130 valence electrons. The third kappa shape index (κ3) is 4.17. The summed E-state index contributed by atoms with van der Waals surface area (Å²) in [5.41, 5.74) is 0.843. The van der Waals surface area contributed by atoms with E-state index in [1.165, 1.54) is 24.2 Å². The van der Waals surface area contributed by atoms with Crippen LogP contribution in [-0.4, -0.2) is 53.4 Å². The molecule has 7 heteroatoms. The minimum Gasteiger partial charge on any atom is -0.344 e. The Bertz CT molecular complexity index is 700. The minimum absolute atomic E-state index is 0.138. The molecule has 1 aliphatic rings. The lowest BCUT2D eigenvalue weighted by Gasteiger charge is -2.27. The third-order valence-corrected chi connectivity index (χ3v) is 6.78. The summed E-state index contributed by atoms with van der Waals surface area (Å²) in [4.78, 5) is 22.5. The van der Waals surface area contributed by atoms with Gasteiger partial charge in [0.15, 0.2) is 0 Å². The number of thiophene rings is 1. The first-order valence-electron chi connectivity index (χ1n) is 8.25. The number of thiazole rings is 1. The first-order valence-corrected chi connectivity index (χ1v) is 10.3. The number of hydrogen-bond acceptors (Lipinski definition) is 5. The van der Waals surface area contributed by atoms with Crippen LogP contribution in [0.3, 0.4) is 0 Å². The maximum absolute atomic E-state index is 12.5. The van der Waals surface area contributed by atoms with Crippen molar-refractivity contribution in [2.24, 2.45) is 0 Å². The third-order valence-electron chi connectivity index (χ3n) is 4.48. The van der Waals surface area contributed by atoms with Gasteiger partial charge in [-0.3, -0.25) is 9.69 Å². The molecule has 1 aliphatic heterocycles. The Morgan fingerprint density at radius 1 is 1.50 bits per heavy atom. The second-order valence-corrected chi connectivity index (χ2v) is 8.70. The van der Waals surface area contributed by atoms with Crippen molar-refractivity contribution in [1.82, 2.24) is 14.8 Å². The number of likely N-dealkylation sites (tertiary alicyclic amines) is 1. The Morgan fingerprint density at radius 3 is 3.04 bits per heavy atom. The van der Waals surface area contributed by atoms with Gasteiger partial charge in [0.25, 0.3) is 0 Å². The monoisotopic (exact) mass is 383 g/mol. The Hall–Kier alpha value is -0.950. The molecule has 1 fully saturated rings. The van der Waals surface area contributed by atoms with Crippen molar-refractivity contribution in [1.29, 1.82) is 0 Å². The molecule has 1 unspecified atom stereocenters. The van der Waals surface area contributed by atoms with Gasteiger partial charge in [-0.1, -0.05) is 18.5 Å². The van der Waals surface area contributed by atoms with E-state index in [-0.39, 0.29) is 5.91 Å². The Labute approximate surface area is 156 Å². The van der Waals surface area contributed by atoms with E-state index in [0.29, 0.717) is 12.5 Å².